The zero-order chi connectivity index (χ0) is 15.4. The zero-order valence-corrected chi connectivity index (χ0v) is 12.3. The molecule has 1 heterocycles. The van der Waals surface area contributed by atoms with Crippen molar-refractivity contribution >= 4 is 28.9 Å². The lowest BCUT2D eigenvalue weighted by molar-refractivity contribution is -0.114. The summed E-state index contributed by atoms with van der Waals surface area (Å²) in [6, 6.07) is 3.65. The number of halogens is 1. The molecule has 0 bridgehead atoms. The highest BCUT2D eigenvalue weighted by atomic mass is 32.1. The fourth-order valence-electron chi connectivity index (χ4n) is 1.64. The maximum Gasteiger partial charge on any atom is 0.338 e. The summed E-state index contributed by atoms with van der Waals surface area (Å²) in [4.78, 5) is 27.0. The first-order valence-corrected chi connectivity index (χ1v) is 6.99. The van der Waals surface area contributed by atoms with Crippen molar-refractivity contribution in [2.75, 3.05) is 5.32 Å². The van der Waals surface area contributed by atoms with Gasteiger partial charge >= 0.3 is 5.97 Å². The lowest BCUT2D eigenvalue weighted by Crippen LogP contribution is -2.10. The second-order valence-corrected chi connectivity index (χ2v) is 5.37. The normalized spacial score (nSPS) is 10.2. The fourth-order valence-corrected chi connectivity index (χ4v) is 2.23. The Kier molecular flexibility index (Phi) is 4.64. The predicted octanol–water partition coefficient (Wildman–Crippen LogP) is 2.91. The second-order valence-electron chi connectivity index (χ2n) is 4.31. The molecule has 5 nitrogen and oxygen atoms in total. The van der Waals surface area contributed by atoms with Crippen molar-refractivity contribution in [3.63, 3.8) is 0 Å². The molecule has 1 amide bonds. The summed E-state index contributed by atoms with van der Waals surface area (Å²) in [5.74, 6) is -1.64. The van der Waals surface area contributed by atoms with Crippen LogP contribution in [-0.4, -0.2) is 16.9 Å². The number of nitrogens with zero attached hydrogens (tertiary/aromatic N) is 1. The molecule has 1 aromatic heterocycles. The minimum Gasteiger partial charge on any atom is -0.456 e. The molecule has 21 heavy (non-hydrogen) atoms. The highest BCUT2D eigenvalue weighted by Gasteiger charge is 2.12. The van der Waals surface area contributed by atoms with Gasteiger partial charge in [0.25, 0.3) is 0 Å². The van der Waals surface area contributed by atoms with Crippen molar-refractivity contribution < 1.29 is 18.7 Å². The Balaban J connectivity index is 2.06. The van der Waals surface area contributed by atoms with E-state index in [1.54, 1.807) is 5.38 Å². The van der Waals surface area contributed by atoms with E-state index in [0.29, 0.717) is 5.69 Å². The highest BCUT2D eigenvalue weighted by molar-refractivity contribution is 7.09. The summed E-state index contributed by atoms with van der Waals surface area (Å²) in [7, 11) is 0. The molecule has 0 aliphatic heterocycles. The third-order valence-electron chi connectivity index (χ3n) is 2.53. The molecule has 7 heteroatoms. The molecular weight excluding hydrogens is 295 g/mol. The van der Waals surface area contributed by atoms with Crippen LogP contribution in [0.25, 0.3) is 0 Å². The first-order chi connectivity index (χ1) is 9.95. The van der Waals surface area contributed by atoms with Gasteiger partial charge in [-0.05, 0) is 25.1 Å². The lowest BCUT2D eigenvalue weighted by atomic mass is 10.2. The third-order valence-corrected chi connectivity index (χ3v) is 3.35. The van der Waals surface area contributed by atoms with Gasteiger partial charge < -0.3 is 10.1 Å². The summed E-state index contributed by atoms with van der Waals surface area (Å²) in [5, 5.41) is 5.00. The Morgan fingerprint density at radius 3 is 2.81 bits per heavy atom. The molecule has 0 aliphatic rings. The lowest BCUT2D eigenvalue weighted by Gasteiger charge is -2.07. The Morgan fingerprint density at radius 1 is 1.43 bits per heavy atom. The zero-order valence-electron chi connectivity index (χ0n) is 11.5. The Morgan fingerprint density at radius 2 is 2.19 bits per heavy atom. The van der Waals surface area contributed by atoms with Crippen LogP contribution in [0, 0.1) is 12.7 Å². The number of hydrogen-bond donors (Lipinski definition) is 1. The molecule has 0 spiro atoms. The van der Waals surface area contributed by atoms with E-state index < -0.39 is 17.7 Å². The van der Waals surface area contributed by atoms with Crippen LogP contribution in [0.3, 0.4) is 0 Å². The van der Waals surface area contributed by atoms with E-state index in [4.69, 9.17) is 4.74 Å². The van der Waals surface area contributed by atoms with E-state index in [1.807, 2.05) is 6.92 Å². The average molecular weight is 308 g/mol. The van der Waals surface area contributed by atoms with Gasteiger partial charge in [0.1, 0.15) is 12.4 Å². The number of carbonyl (C=O) groups is 2. The van der Waals surface area contributed by atoms with E-state index in [2.05, 4.69) is 10.3 Å². The van der Waals surface area contributed by atoms with Gasteiger partial charge in [-0.3, -0.25) is 4.79 Å². The number of anilines is 1. The van der Waals surface area contributed by atoms with Crippen molar-refractivity contribution in [2.24, 2.45) is 0 Å². The maximum atomic E-state index is 13.5. The first kappa shape index (κ1) is 15.1. The molecule has 0 unspecified atom stereocenters. The van der Waals surface area contributed by atoms with E-state index >= 15 is 0 Å². The summed E-state index contributed by atoms with van der Waals surface area (Å²) >= 11 is 1.46. The van der Waals surface area contributed by atoms with Gasteiger partial charge in [0.05, 0.1) is 22.0 Å². The number of aromatic nitrogens is 1. The Hall–Kier alpha value is -2.28. The van der Waals surface area contributed by atoms with Gasteiger partial charge in [-0.1, -0.05) is 0 Å². The highest BCUT2D eigenvalue weighted by Crippen LogP contribution is 2.17. The van der Waals surface area contributed by atoms with Crippen molar-refractivity contribution in [1.82, 2.24) is 4.98 Å². The van der Waals surface area contributed by atoms with Crippen LogP contribution in [0.5, 0.6) is 0 Å². The van der Waals surface area contributed by atoms with Gasteiger partial charge in [-0.2, -0.15) is 0 Å². The predicted molar refractivity (Wildman–Crippen MR) is 76.7 cm³/mol. The van der Waals surface area contributed by atoms with Gasteiger partial charge in [-0.15, -0.1) is 11.3 Å². The van der Waals surface area contributed by atoms with Gasteiger partial charge in [0.15, 0.2) is 0 Å². The van der Waals surface area contributed by atoms with Crippen LogP contribution in [0.4, 0.5) is 10.1 Å². The number of nitrogens with one attached hydrogen (secondary N) is 1. The molecule has 0 fully saturated rings. The molecule has 2 aromatic rings. The Bertz CT molecular complexity index is 685. The minimum atomic E-state index is -0.614. The molecule has 1 N–H and O–H groups in total. The van der Waals surface area contributed by atoms with E-state index in [1.165, 1.54) is 30.4 Å². The molecular formula is C14H13FN2O3S. The monoisotopic (exact) mass is 308 g/mol. The van der Waals surface area contributed by atoms with Crippen LogP contribution in [0.15, 0.2) is 23.6 Å². The van der Waals surface area contributed by atoms with Crippen molar-refractivity contribution in [3.05, 3.63) is 45.7 Å². The molecule has 1 aromatic carbocycles. The SMILES string of the molecule is CC(=O)Nc1cc(C(=O)OCc2csc(C)n2)ccc1F. The second kappa shape index (κ2) is 6.45. The van der Waals surface area contributed by atoms with Crippen LogP contribution in [0.1, 0.15) is 28.0 Å². The number of ether oxygens (including phenoxy) is 1. The molecule has 0 aliphatic carbocycles. The average Bonchev–Trinajstić information content (AvgIpc) is 2.84. The van der Waals surface area contributed by atoms with Crippen molar-refractivity contribution in [2.45, 2.75) is 20.5 Å². The number of esters is 1. The summed E-state index contributed by atoms with van der Waals surface area (Å²) in [6.07, 6.45) is 0. The van der Waals surface area contributed by atoms with Crippen LogP contribution < -0.4 is 5.32 Å². The quantitative estimate of drug-likeness (QED) is 0.882. The van der Waals surface area contributed by atoms with Crippen LogP contribution in [-0.2, 0) is 16.1 Å². The number of rotatable bonds is 4. The van der Waals surface area contributed by atoms with Gasteiger partial charge in [-0.25, -0.2) is 14.2 Å². The molecule has 0 saturated heterocycles. The number of aryl methyl sites for hydroxylation is 1. The molecule has 110 valence electrons. The summed E-state index contributed by atoms with van der Waals surface area (Å²) < 4.78 is 18.6. The van der Waals surface area contributed by atoms with Crippen molar-refractivity contribution in [1.29, 1.82) is 0 Å². The molecule has 0 atom stereocenters. The fraction of sp³-hybridized carbons (Fsp3) is 0.214. The Labute approximate surface area is 124 Å². The molecule has 0 radical (unpaired) electrons. The van der Waals surface area contributed by atoms with Gasteiger partial charge in [0, 0.05) is 12.3 Å². The number of carbonyl (C=O) groups excluding carboxylic acids is 2. The number of amides is 1. The summed E-state index contributed by atoms with van der Waals surface area (Å²) in [6.45, 7) is 3.17. The number of hydrogen-bond acceptors (Lipinski definition) is 5. The number of thiazole rings is 1. The standard InChI is InChI=1S/C14H13FN2O3S/c1-8(18)16-13-5-10(3-4-12(13)15)14(19)20-6-11-7-21-9(2)17-11/h3-5,7H,6H2,1-2H3,(H,16,18). The molecule has 0 saturated carbocycles. The van der Waals surface area contributed by atoms with Gasteiger partial charge in [0.2, 0.25) is 5.91 Å². The largest absolute Gasteiger partial charge is 0.456 e. The van der Waals surface area contributed by atoms with Crippen LogP contribution >= 0.6 is 11.3 Å². The van der Waals surface area contributed by atoms with Crippen LogP contribution in [0.2, 0.25) is 0 Å². The van der Waals surface area contributed by atoms with E-state index in [0.717, 1.165) is 11.1 Å². The summed E-state index contributed by atoms with van der Waals surface area (Å²) in [5.41, 5.74) is 0.767. The maximum absolute atomic E-state index is 13.5. The number of benzene rings is 1. The molecule has 2 rings (SSSR count). The minimum absolute atomic E-state index is 0.0516. The van der Waals surface area contributed by atoms with E-state index in [-0.39, 0.29) is 17.9 Å². The smallest absolute Gasteiger partial charge is 0.338 e. The van der Waals surface area contributed by atoms with E-state index in [9.17, 15) is 14.0 Å². The first-order valence-electron chi connectivity index (χ1n) is 6.11. The third kappa shape index (κ3) is 4.09. The van der Waals surface area contributed by atoms with Crippen molar-refractivity contribution in [3.8, 4) is 0 Å². The topological polar surface area (TPSA) is 68.3 Å².